The minimum absolute atomic E-state index is 0. The Balaban J connectivity index is 0.00000392. The highest BCUT2D eigenvalue weighted by Gasteiger charge is 2.06. The fourth-order valence-electron chi connectivity index (χ4n) is 2.56. The molecule has 0 aliphatic carbocycles. The van der Waals surface area contributed by atoms with Crippen molar-refractivity contribution >= 4 is 35.8 Å². The molecule has 0 spiro atoms. The molecule has 0 atom stereocenters. The number of amides is 1. The minimum Gasteiger partial charge on any atom is -0.469 e. The summed E-state index contributed by atoms with van der Waals surface area (Å²) >= 11 is 0. The Morgan fingerprint density at radius 3 is 2.64 bits per heavy atom. The molecule has 8 nitrogen and oxygen atoms in total. The smallest absolute Gasteiger partial charge is 0.243 e. The van der Waals surface area contributed by atoms with Crippen LogP contribution in [-0.2, 0) is 17.8 Å². The number of guanidine groups is 1. The highest BCUT2D eigenvalue weighted by atomic mass is 127. The third-order valence-corrected chi connectivity index (χ3v) is 4.06. The van der Waals surface area contributed by atoms with Gasteiger partial charge in [0.05, 0.1) is 12.0 Å². The molecule has 1 amide bonds. The van der Waals surface area contributed by atoms with Gasteiger partial charge in [-0.25, -0.2) is 4.99 Å². The molecule has 0 aliphatic heterocycles. The zero-order chi connectivity index (χ0) is 19.6. The highest BCUT2D eigenvalue weighted by molar-refractivity contribution is 14.0. The summed E-state index contributed by atoms with van der Waals surface area (Å²) in [5.74, 6) is 1.51. The summed E-state index contributed by atoms with van der Waals surface area (Å²) in [7, 11) is 3.45. The second kappa shape index (κ2) is 12.4. The van der Waals surface area contributed by atoms with Gasteiger partial charge >= 0.3 is 0 Å². The van der Waals surface area contributed by atoms with Crippen LogP contribution in [0.15, 0.2) is 33.9 Å². The normalized spacial score (nSPS) is 11.1. The number of hydrogen-bond acceptors (Lipinski definition) is 4. The molecular formula is C19H31IN6O2. The van der Waals surface area contributed by atoms with Crippen LogP contribution in [0.4, 0.5) is 0 Å². The number of carbonyl (C=O) groups is 1. The molecule has 0 saturated heterocycles. The summed E-state index contributed by atoms with van der Waals surface area (Å²) in [4.78, 5) is 17.7. The van der Waals surface area contributed by atoms with Gasteiger partial charge < -0.3 is 20.0 Å². The second-order valence-electron chi connectivity index (χ2n) is 6.64. The maximum atomic E-state index is 11.8. The predicted molar refractivity (Wildman–Crippen MR) is 121 cm³/mol. The van der Waals surface area contributed by atoms with Crippen LogP contribution in [0.25, 0.3) is 0 Å². The molecule has 2 aromatic heterocycles. The molecule has 2 aromatic rings. The Morgan fingerprint density at radius 1 is 1.29 bits per heavy atom. The Morgan fingerprint density at radius 2 is 2.04 bits per heavy atom. The summed E-state index contributed by atoms with van der Waals surface area (Å²) in [5.41, 5.74) is 2.19. The summed E-state index contributed by atoms with van der Waals surface area (Å²) in [6.07, 6.45) is 3.32. The first kappa shape index (κ1) is 24.0. The predicted octanol–water partition coefficient (Wildman–Crippen LogP) is 1.97. The van der Waals surface area contributed by atoms with Gasteiger partial charge in [-0.2, -0.15) is 5.10 Å². The minimum atomic E-state index is -0.0372. The summed E-state index contributed by atoms with van der Waals surface area (Å²) in [6.45, 7) is 6.41. The van der Waals surface area contributed by atoms with Crippen molar-refractivity contribution < 1.29 is 9.21 Å². The number of furan rings is 1. The Bertz CT molecular complexity index is 740. The molecule has 0 aromatic carbocycles. The zero-order valence-corrected chi connectivity index (χ0v) is 19.4. The van der Waals surface area contributed by atoms with Crippen LogP contribution in [0.2, 0.25) is 0 Å². The standard InChI is InChI=1S/C19H30N6O2.HI/c1-15-13-16(2)25(23-15)11-6-9-20-19(22-14-18(26)24(3)4)21-10-8-17-7-5-12-27-17;/h5,7,12-13H,6,8-11,14H2,1-4H3,(H2,20,21,22);1H. The average molecular weight is 502 g/mol. The van der Waals surface area contributed by atoms with E-state index in [1.54, 1.807) is 20.4 Å². The largest absolute Gasteiger partial charge is 0.469 e. The monoisotopic (exact) mass is 502 g/mol. The van der Waals surface area contributed by atoms with Crippen LogP contribution in [-0.4, -0.2) is 60.3 Å². The lowest BCUT2D eigenvalue weighted by Crippen LogP contribution is -2.40. The number of halogens is 1. The highest BCUT2D eigenvalue weighted by Crippen LogP contribution is 2.02. The quantitative estimate of drug-likeness (QED) is 0.237. The Kier molecular flexibility index (Phi) is 10.6. The van der Waals surface area contributed by atoms with E-state index in [2.05, 4.69) is 33.7 Å². The molecule has 0 aliphatic rings. The van der Waals surface area contributed by atoms with E-state index in [4.69, 9.17) is 4.42 Å². The van der Waals surface area contributed by atoms with Gasteiger partial charge in [-0.05, 0) is 38.5 Å². The van der Waals surface area contributed by atoms with Crippen molar-refractivity contribution in [2.75, 3.05) is 33.7 Å². The lowest BCUT2D eigenvalue weighted by molar-refractivity contribution is -0.127. The molecule has 0 saturated carbocycles. The number of aliphatic imine (C=N–C) groups is 1. The van der Waals surface area contributed by atoms with E-state index >= 15 is 0 Å². The van der Waals surface area contributed by atoms with Crippen LogP contribution in [0.1, 0.15) is 23.6 Å². The molecule has 0 radical (unpaired) electrons. The van der Waals surface area contributed by atoms with Gasteiger partial charge in [-0.3, -0.25) is 9.48 Å². The van der Waals surface area contributed by atoms with E-state index in [0.29, 0.717) is 12.5 Å². The number of aryl methyl sites for hydroxylation is 3. The third-order valence-electron chi connectivity index (χ3n) is 4.06. The van der Waals surface area contributed by atoms with Crippen molar-refractivity contribution in [1.29, 1.82) is 0 Å². The molecule has 0 fully saturated rings. The molecule has 2 N–H and O–H groups in total. The van der Waals surface area contributed by atoms with Gasteiger partial charge in [-0.1, -0.05) is 0 Å². The maximum absolute atomic E-state index is 11.8. The van der Waals surface area contributed by atoms with Crippen LogP contribution < -0.4 is 10.6 Å². The lowest BCUT2D eigenvalue weighted by atomic mass is 10.3. The van der Waals surface area contributed by atoms with Crippen LogP contribution in [0.3, 0.4) is 0 Å². The summed E-state index contributed by atoms with van der Waals surface area (Å²) in [6, 6.07) is 5.89. The molecule has 2 rings (SSSR count). The number of aromatic nitrogens is 2. The molecule has 0 unspecified atom stereocenters. The van der Waals surface area contributed by atoms with E-state index in [9.17, 15) is 4.79 Å². The van der Waals surface area contributed by atoms with E-state index in [-0.39, 0.29) is 36.4 Å². The number of carbonyl (C=O) groups excluding carboxylic acids is 1. The van der Waals surface area contributed by atoms with Crippen LogP contribution in [0.5, 0.6) is 0 Å². The Hall–Kier alpha value is -2.04. The van der Waals surface area contributed by atoms with Crippen molar-refractivity contribution in [3.05, 3.63) is 41.6 Å². The van der Waals surface area contributed by atoms with Gasteiger partial charge in [-0.15, -0.1) is 24.0 Å². The number of nitrogens with one attached hydrogen (secondary N) is 2. The van der Waals surface area contributed by atoms with Crippen molar-refractivity contribution in [3.63, 3.8) is 0 Å². The molecule has 2 heterocycles. The first-order valence-corrected chi connectivity index (χ1v) is 9.21. The Labute approximate surface area is 183 Å². The zero-order valence-electron chi connectivity index (χ0n) is 17.1. The van der Waals surface area contributed by atoms with E-state index in [0.717, 1.165) is 43.1 Å². The SMILES string of the molecule is Cc1cc(C)n(CCCNC(=NCC(=O)N(C)C)NCCc2ccco2)n1.I. The van der Waals surface area contributed by atoms with Gasteiger partial charge in [0.2, 0.25) is 5.91 Å². The molecule has 9 heteroatoms. The van der Waals surface area contributed by atoms with Crippen molar-refractivity contribution in [1.82, 2.24) is 25.3 Å². The van der Waals surface area contributed by atoms with Gasteiger partial charge in [0.25, 0.3) is 0 Å². The fourth-order valence-corrected chi connectivity index (χ4v) is 2.56. The lowest BCUT2D eigenvalue weighted by Gasteiger charge is -2.14. The average Bonchev–Trinajstić information content (AvgIpc) is 3.24. The molecule has 156 valence electrons. The van der Waals surface area contributed by atoms with Crippen molar-refractivity contribution in [2.24, 2.45) is 4.99 Å². The second-order valence-corrected chi connectivity index (χ2v) is 6.64. The summed E-state index contributed by atoms with van der Waals surface area (Å²) < 4.78 is 7.34. The molecule has 28 heavy (non-hydrogen) atoms. The van der Waals surface area contributed by atoms with Crippen molar-refractivity contribution in [2.45, 2.75) is 33.2 Å². The topological polar surface area (TPSA) is 87.7 Å². The van der Waals surface area contributed by atoms with Gasteiger partial charge in [0.1, 0.15) is 12.3 Å². The first-order valence-electron chi connectivity index (χ1n) is 9.21. The number of rotatable bonds is 9. The van der Waals surface area contributed by atoms with Gasteiger partial charge in [0, 0.05) is 45.8 Å². The van der Waals surface area contributed by atoms with Crippen molar-refractivity contribution in [3.8, 4) is 0 Å². The fraction of sp³-hybridized carbons (Fsp3) is 0.526. The van der Waals surface area contributed by atoms with E-state index < -0.39 is 0 Å². The van der Waals surface area contributed by atoms with Crippen LogP contribution in [0, 0.1) is 13.8 Å². The first-order chi connectivity index (χ1) is 13.0. The van der Waals surface area contributed by atoms with Gasteiger partial charge in [0.15, 0.2) is 5.96 Å². The maximum Gasteiger partial charge on any atom is 0.243 e. The summed E-state index contributed by atoms with van der Waals surface area (Å²) in [5, 5.41) is 11.0. The molecule has 0 bridgehead atoms. The molecular weight excluding hydrogens is 471 g/mol. The number of hydrogen-bond donors (Lipinski definition) is 2. The van der Waals surface area contributed by atoms with Crippen LogP contribution >= 0.6 is 24.0 Å². The number of likely N-dealkylation sites (N-methyl/N-ethyl adjacent to an activating group) is 1. The van der Waals surface area contributed by atoms with E-state index in [1.165, 1.54) is 4.90 Å². The van der Waals surface area contributed by atoms with E-state index in [1.807, 2.05) is 23.7 Å². The third kappa shape index (κ3) is 8.32. The number of nitrogens with zero attached hydrogens (tertiary/aromatic N) is 4.